The van der Waals surface area contributed by atoms with Gasteiger partial charge in [-0.2, -0.15) is 0 Å². The first-order valence-electron chi connectivity index (χ1n) is 6.81. The van der Waals surface area contributed by atoms with Crippen LogP contribution in [0.1, 0.15) is 18.4 Å². The molecule has 0 saturated carbocycles. The summed E-state index contributed by atoms with van der Waals surface area (Å²) in [6.45, 7) is 1.75. The van der Waals surface area contributed by atoms with Gasteiger partial charge in [0.15, 0.2) is 0 Å². The topological polar surface area (TPSA) is 58.4 Å². The van der Waals surface area contributed by atoms with Crippen LogP contribution in [0.3, 0.4) is 0 Å². The number of hydrogen-bond acceptors (Lipinski definition) is 3. The van der Waals surface area contributed by atoms with Crippen LogP contribution in [0.25, 0.3) is 0 Å². The maximum atomic E-state index is 11.8. The number of unbranched alkanes of at least 4 members (excludes halogenated alkanes) is 1. The zero-order chi connectivity index (χ0) is 14.1. The number of amides is 1. The van der Waals surface area contributed by atoms with Crippen molar-refractivity contribution in [2.75, 3.05) is 27.2 Å². The third kappa shape index (κ3) is 6.94. The van der Waals surface area contributed by atoms with E-state index in [2.05, 4.69) is 10.2 Å². The zero-order valence-corrected chi connectivity index (χ0v) is 11.9. The van der Waals surface area contributed by atoms with Crippen LogP contribution in [-0.2, 0) is 11.2 Å². The summed E-state index contributed by atoms with van der Waals surface area (Å²) >= 11 is 0. The molecule has 0 aromatic heterocycles. The van der Waals surface area contributed by atoms with Crippen molar-refractivity contribution in [2.45, 2.75) is 25.3 Å². The highest BCUT2D eigenvalue weighted by molar-refractivity contribution is 5.81. The van der Waals surface area contributed by atoms with E-state index in [1.54, 1.807) is 0 Å². The van der Waals surface area contributed by atoms with Crippen LogP contribution in [-0.4, -0.2) is 44.0 Å². The molecule has 1 aromatic rings. The second-order valence-corrected chi connectivity index (χ2v) is 5.10. The van der Waals surface area contributed by atoms with Gasteiger partial charge < -0.3 is 16.0 Å². The molecule has 1 aromatic carbocycles. The Bertz CT molecular complexity index is 365. The molecule has 0 bridgehead atoms. The van der Waals surface area contributed by atoms with E-state index in [1.165, 1.54) is 0 Å². The van der Waals surface area contributed by atoms with Gasteiger partial charge >= 0.3 is 0 Å². The van der Waals surface area contributed by atoms with E-state index >= 15 is 0 Å². The maximum absolute atomic E-state index is 11.8. The second kappa shape index (κ2) is 8.67. The van der Waals surface area contributed by atoms with Gasteiger partial charge in [0.2, 0.25) is 5.91 Å². The molecule has 4 heteroatoms. The van der Waals surface area contributed by atoms with Crippen molar-refractivity contribution in [1.82, 2.24) is 10.2 Å². The summed E-state index contributed by atoms with van der Waals surface area (Å²) in [5.41, 5.74) is 6.99. The molecular formula is C15H25N3O. The molecule has 0 aliphatic rings. The van der Waals surface area contributed by atoms with E-state index in [0.717, 1.165) is 24.9 Å². The lowest BCUT2D eigenvalue weighted by atomic mass is 10.1. The Morgan fingerprint density at radius 3 is 2.58 bits per heavy atom. The Morgan fingerprint density at radius 2 is 1.95 bits per heavy atom. The van der Waals surface area contributed by atoms with Gasteiger partial charge in [-0.15, -0.1) is 0 Å². The van der Waals surface area contributed by atoms with Crippen LogP contribution in [0.5, 0.6) is 0 Å². The van der Waals surface area contributed by atoms with Crippen molar-refractivity contribution in [3.05, 3.63) is 35.9 Å². The highest BCUT2D eigenvalue weighted by atomic mass is 16.2. The van der Waals surface area contributed by atoms with Crippen LogP contribution >= 0.6 is 0 Å². The summed E-state index contributed by atoms with van der Waals surface area (Å²) in [7, 11) is 4.10. The number of carbonyl (C=O) groups is 1. The SMILES string of the molecule is CN(C)CCCCNC(=O)[C@H](N)Cc1ccccc1. The number of hydrogen-bond donors (Lipinski definition) is 2. The lowest BCUT2D eigenvalue weighted by Gasteiger charge is -2.13. The largest absolute Gasteiger partial charge is 0.355 e. The molecule has 0 aliphatic carbocycles. The van der Waals surface area contributed by atoms with Gasteiger partial charge in [-0.3, -0.25) is 4.79 Å². The van der Waals surface area contributed by atoms with Crippen molar-refractivity contribution >= 4 is 5.91 Å². The lowest BCUT2D eigenvalue weighted by molar-refractivity contribution is -0.122. The van der Waals surface area contributed by atoms with Gasteiger partial charge in [-0.05, 0) is 45.5 Å². The molecule has 0 fully saturated rings. The Kier molecular flexibility index (Phi) is 7.15. The number of benzene rings is 1. The molecule has 19 heavy (non-hydrogen) atoms. The first-order chi connectivity index (χ1) is 9.09. The van der Waals surface area contributed by atoms with Crippen molar-refractivity contribution in [3.8, 4) is 0 Å². The third-order valence-corrected chi connectivity index (χ3v) is 2.97. The summed E-state index contributed by atoms with van der Waals surface area (Å²) in [6, 6.07) is 9.40. The van der Waals surface area contributed by atoms with Gasteiger partial charge in [-0.1, -0.05) is 30.3 Å². The van der Waals surface area contributed by atoms with Crippen molar-refractivity contribution in [3.63, 3.8) is 0 Å². The predicted molar refractivity (Wildman–Crippen MR) is 78.9 cm³/mol. The van der Waals surface area contributed by atoms with Crippen LogP contribution in [0.15, 0.2) is 30.3 Å². The van der Waals surface area contributed by atoms with Crippen LogP contribution < -0.4 is 11.1 Å². The monoisotopic (exact) mass is 263 g/mol. The molecule has 0 spiro atoms. The fourth-order valence-electron chi connectivity index (χ4n) is 1.86. The van der Waals surface area contributed by atoms with Crippen molar-refractivity contribution in [2.24, 2.45) is 5.73 Å². The molecule has 0 unspecified atom stereocenters. The fourth-order valence-corrected chi connectivity index (χ4v) is 1.86. The Morgan fingerprint density at radius 1 is 1.26 bits per heavy atom. The number of nitrogens with zero attached hydrogens (tertiary/aromatic N) is 1. The quantitative estimate of drug-likeness (QED) is 0.688. The second-order valence-electron chi connectivity index (χ2n) is 5.10. The number of nitrogens with two attached hydrogens (primary N) is 1. The first-order valence-corrected chi connectivity index (χ1v) is 6.81. The minimum atomic E-state index is -0.462. The van der Waals surface area contributed by atoms with Crippen molar-refractivity contribution < 1.29 is 4.79 Å². The standard InChI is InChI=1S/C15H25N3O/c1-18(2)11-7-6-10-17-15(19)14(16)12-13-8-4-3-5-9-13/h3-5,8-9,14H,6-7,10-12,16H2,1-2H3,(H,17,19)/t14-/m1/s1. The van der Waals surface area contributed by atoms with Crippen LogP contribution in [0, 0.1) is 0 Å². The van der Waals surface area contributed by atoms with E-state index in [0.29, 0.717) is 13.0 Å². The van der Waals surface area contributed by atoms with E-state index < -0.39 is 6.04 Å². The summed E-state index contributed by atoms with van der Waals surface area (Å²) < 4.78 is 0. The molecule has 1 atom stereocenters. The highest BCUT2D eigenvalue weighted by Crippen LogP contribution is 2.01. The summed E-state index contributed by atoms with van der Waals surface area (Å²) in [5.74, 6) is -0.0614. The summed E-state index contributed by atoms with van der Waals surface area (Å²) in [4.78, 5) is 13.9. The molecule has 0 aliphatic heterocycles. The number of rotatable bonds is 8. The number of carbonyl (C=O) groups excluding carboxylic acids is 1. The van der Waals surface area contributed by atoms with Gasteiger partial charge in [0.05, 0.1) is 6.04 Å². The average molecular weight is 263 g/mol. The van der Waals surface area contributed by atoms with Gasteiger partial charge in [0.25, 0.3) is 0 Å². The Hall–Kier alpha value is -1.39. The molecular weight excluding hydrogens is 238 g/mol. The number of nitrogens with one attached hydrogen (secondary N) is 1. The predicted octanol–water partition coefficient (Wildman–Crippen LogP) is 1.01. The fraction of sp³-hybridized carbons (Fsp3) is 0.533. The van der Waals surface area contributed by atoms with Gasteiger partial charge in [0.1, 0.15) is 0 Å². The molecule has 0 heterocycles. The molecule has 3 N–H and O–H groups in total. The third-order valence-electron chi connectivity index (χ3n) is 2.97. The molecule has 106 valence electrons. The smallest absolute Gasteiger partial charge is 0.237 e. The highest BCUT2D eigenvalue weighted by Gasteiger charge is 2.12. The molecule has 4 nitrogen and oxygen atoms in total. The van der Waals surface area contributed by atoms with Gasteiger partial charge in [-0.25, -0.2) is 0 Å². The lowest BCUT2D eigenvalue weighted by Crippen LogP contribution is -2.42. The molecule has 1 amide bonds. The van der Waals surface area contributed by atoms with Crippen LogP contribution in [0.2, 0.25) is 0 Å². The summed E-state index contributed by atoms with van der Waals surface area (Å²) in [6.07, 6.45) is 2.66. The van der Waals surface area contributed by atoms with Crippen molar-refractivity contribution in [1.29, 1.82) is 0 Å². The minimum absolute atomic E-state index is 0.0614. The van der Waals surface area contributed by atoms with E-state index in [1.807, 2.05) is 44.4 Å². The van der Waals surface area contributed by atoms with E-state index in [9.17, 15) is 4.79 Å². The first kappa shape index (κ1) is 15.7. The molecule has 1 rings (SSSR count). The van der Waals surface area contributed by atoms with Crippen LogP contribution in [0.4, 0.5) is 0 Å². The average Bonchev–Trinajstić information content (AvgIpc) is 2.38. The summed E-state index contributed by atoms with van der Waals surface area (Å²) in [5, 5.41) is 2.89. The minimum Gasteiger partial charge on any atom is -0.355 e. The zero-order valence-electron chi connectivity index (χ0n) is 11.9. The molecule has 0 radical (unpaired) electrons. The van der Waals surface area contributed by atoms with Gasteiger partial charge in [0, 0.05) is 6.54 Å². The molecule has 0 saturated heterocycles. The maximum Gasteiger partial charge on any atom is 0.237 e. The normalized spacial score (nSPS) is 12.4. The Balaban J connectivity index is 2.18. The Labute approximate surface area is 116 Å². The van der Waals surface area contributed by atoms with E-state index in [4.69, 9.17) is 5.73 Å². The van der Waals surface area contributed by atoms with E-state index in [-0.39, 0.29) is 5.91 Å².